The Balaban J connectivity index is 1.54. The van der Waals surface area contributed by atoms with E-state index >= 15 is 0 Å². The average molecular weight is 997 g/mol. The van der Waals surface area contributed by atoms with Crippen LogP contribution in [0.15, 0.2) is 97.1 Å². The summed E-state index contributed by atoms with van der Waals surface area (Å²) in [7, 11) is 0. The fraction of sp³-hybridized carbons (Fsp3) is 0.407. The zero-order valence-corrected chi connectivity index (χ0v) is 41.9. The van der Waals surface area contributed by atoms with Gasteiger partial charge in [-0.1, -0.05) is 72.8 Å². The number of aliphatic hydroxyl groups is 4. The highest BCUT2D eigenvalue weighted by atomic mass is 16.5. The summed E-state index contributed by atoms with van der Waals surface area (Å²) in [6.07, 6.45) is 0. The smallest absolute Gasteiger partial charge is 0.320 e. The zero-order chi connectivity index (χ0) is 53.6. The van der Waals surface area contributed by atoms with Gasteiger partial charge >= 0.3 is 23.9 Å². The molecule has 0 aliphatic rings. The van der Waals surface area contributed by atoms with Gasteiger partial charge in [0.15, 0.2) is 23.1 Å². The Hall–Kier alpha value is -6.80. The van der Waals surface area contributed by atoms with Gasteiger partial charge in [-0.25, -0.2) is 0 Å². The number of hydrogen-bond donors (Lipinski definition) is 4. The van der Waals surface area contributed by atoms with Crippen LogP contribution < -0.4 is 0 Å². The lowest BCUT2D eigenvalue weighted by atomic mass is 9.96. The number of nitrogens with zero attached hydrogens (tertiary/aromatic N) is 2. The minimum absolute atomic E-state index is 0.155. The molecule has 0 saturated heterocycles. The van der Waals surface area contributed by atoms with Gasteiger partial charge in [0.1, 0.15) is 48.8 Å². The maximum Gasteiger partial charge on any atom is 0.320 e. The number of esters is 4. The molecule has 4 rings (SSSR count). The van der Waals surface area contributed by atoms with Crippen molar-refractivity contribution in [2.24, 2.45) is 0 Å². The van der Waals surface area contributed by atoms with Crippen LogP contribution in [-0.2, 0) is 64.6 Å². The van der Waals surface area contributed by atoms with E-state index in [1.54, 1.807) is 48.5 Å². The van der Waals surface area contributed by atoms with Gasteiger partial charge in [0, 0.05) is 35.3 Å². The van der Waals surface area contributed by atoms with Gasteiger partial charge in [-0.05, 0) is 102 Å². The maximum atomic E-state index is 13.4. The van der Waals surface area contributed by atoms with E-state index in [-0.39, 0.29) is 61.8 Å². The third-order valence-electron chi connectivity index (χ3n) is 10.7. The van der Waals surface area contributed by atoms with Crippen LogP contribution in [0, 0.1) is 0 Å². The molecule has 0 unspecified atom stereocenters. The molecule has 0 radical (unpaired) electrons. The lowest BCUT2D eigenvalue weighted by molar-refractivity contribution is -0.153. The van der Waals surface area contributed by atoms with Crippen LogP contribution >= 0.6 is 0 Å². The molecule has 0 fully saturated rings. The number of benzene rings is 4. The Morgan fingerprint density at radius 1 is 0.361 bits per heavy atom. The number of hydrogen-bond acceptors (Lipinski definition) is 18. The minimum atomic E-state index is -1.65. The number of carbonyl (C=O) groups excluding carboxylic acids is 8. The first-order valence-corrected chi connectivity index (χ1v) is 23.0. The third-order valence-corrected chi connectivity index (χ3v) is 10.7. The molecule has 4 N–H and O–H groups in total. The van der Waals surface area contributed by atoms with E-state index in [0.717, 1.165) is 0 Å². The highest BCUT2D eigenvalue weighted by Crippen LogP contribution is 2.19. The average Bonchev–Trinajstić information content (AvgIpc) is 3.31. The van der Waals surface area contributed by atoms with E-state index < -0.39 is 95.6 Å². The van der Waals surface area contributed by atoms with E-state index in [0.29, 0.717) is 22.3 Å². The summed E-state index contributed by atoms with van der Waals surface area (Å²) < 4.78 is 22.1. The highest BCUT2D eigenvalue weighted by molar-refractivity contribution is 6.03. The van der Waals surface area contributed by atoms with Crippen molar-refractivity contribution >= 4 is 47.0 Å². The molecule has 18 nitrogen and oxygen atoms in total. The van der Waals surface area contributed by atoms with Crippen molar-refractivity contribution in [3.8, 4) is 0 Å². The second kappa shape index (κ2) is 25.0. The fourth-order valence-electron chi connectivity index (χ4n) is 6.90. The largest absolute Gasteiger partial charge is 0.460 e. The van der Waals surface area contributed by atoms with Gasteiger partial charge in [0.2, 0.25) is 0 Å². The molecule has 4 aromatic rings. The molecule has 0 aliphatic heterocycles. The molecule has 18 heteroatoms. The third kappa shape index (κ3) is 18.7. The molecular weight excluding hydrogens is 933 g/mol. The van der Waals surface area contributed by atoms with E-state index in [1.807, 2.05) is 0 Å². The Morgan fingerprint density at radius 3 is 0.736 bits per heavy atom. The highest BCUT2D eigenvalue weighted by Gasteiger charge is 2.29. The van der Waals surface area contributed by atoms with Crippen LogP contribution in [0.1, 0.15) is 119 Å². The molecule has 0 aliphatic carbocycles. The first-order chi connectivity index (χ1) is 33.5. The monoisotopic (exact) mass is 996 g/mol. The Morgan fingerprint density at radius 2 is 0.556 bits per heavy atom. The van der Waals surface area contributed by atoms with Gasteiger partial charge in [-0.2, -0.15) is 0 Å². The molecule has 0 bridgehead atoms. The molecule has 386 valence electrons. The van der Waals surface area contributed by atoms with Crippen molar-refractivity contribution in [3.63, 3.8) is 0 Å². The summed E-state index contributed by atoms with van der Waals surface area (Å²) in [4.78, 5) is 107. The summed E-state index contributed by atoms with van der Waals surface area (Å²) in [5.41, 5.74) is -4.11. The van der Waals surface area contributed by atoms with Crippen molar-refractivity contribution in [2.75, 3.05) is 39.3 Å². The lowest BCUT2D eigenvalue weighted by Gasteiger charge is -2.26. The van der Waals surface area contributed by atoms with Gasteiger partial charge in [-0.15, -0.1) is 0 Å². The van der Waals surface area contributed by atoms with Gasteiger partial charge in [-0.3, -0.25) is 48.2 Å². The number of ether oxygens (including phenoxy) is 4. The molecule has 0 atom stereocenters. The zero-order valence-electron chi connectivity index (χ0n) is 41.9. The van der Waals surface area contributed by atoms with Crippen LogP contribution in [0.4, 0.5) is 0 Å². The molecule has 0 aromatic heterocycles. The van der Waals surface area contributed by atoms with Gasteiger partial charge in [0.05, 0.1) is 26.2 Å². The molecule has 0 saturated carbocycles. The molecule has 4 aromatic carbocycles. The second-order valence-electron chi connectivity index (χ2n) is 19.4. The number of Topliss-reactive ketones (excluding diaryl/α,β-unsaturated/α-hetero) is 4. The number of ketones is 4. The van der Waals surface area contributed by atoms with E-state index in [4.69, 9.17) is 18.9 Å². The number of carbonyl (C=O) groups is 8. The standard InChI is InChI=1S/C54H64N2O16/c1-51(2,65)47(61)39-17-9-13-35(23-39)31-69-43(57)27-55(28-44(58)70-32-36-14-10-18-40(24-36)48(62)52(3,4)66)21-22-56(29-45(59)71-33-37-15-11-19-41(25-37)49(63)53(5,6)67)30-46(60)72-34-38-16-12-20-42(26-38)50(64)54(7,8)68/h9-20,23-26,65-68H,21-22,27-34H2,1-8H3. The SMILES string of the molecule is CC(C)(O)C(=O)c1cccc(COC(=O)CN(CCN(CC(=O)OCc2cccc(C(=O)C(C)(C)O)c2)CC(=O)OCc2cccc(C(=O)C(C)(C)O)c2)CC(=O)OCc2cccc(C(=O)C(C)(C)O)c2)c1. The fourth-order valence-corrected chi connectivity index (χ4v) is 6.90. The molecule has 72 heavy (non-hydrogen) atoms. The first-order valence-electron chi connectivity index (χ1n) is 23.0. The summed E-state index contributed by atoms with van der Waals surface area (Å²) in [5, 5.41) is 40.9. The van der Waals surface area contributed by atoms with Gasteiger partial charge < -0.3 is 39.4 Å². The van der Waals surface area contributed by atoms with Gasteiger partial charge in [0.25, 0.3) is 0 Å². The normalized spacial score (nSPS) is 12.0. The molecule has 0 amide bonds. The summed E-state index contributed by atoms with van der Waals surface area (Å²) >= 11 is 0. The van der Waals surface area contributed by atoms with Crippen molar-refractivity contribution in [2.45, 2.75) is 104 Å². The molecule has 0 heterocycles. The lowest BCUT2D eigenvalue weighted by Crippen LogP contribution is -2.44. The van der Waals surface area contributed by atoms with E-state index in [1.165, 1.54) is 114 Å². The van der Waals surface area contributed by atoms with E-state index in [9.17, 15) is 58.8 Å². The van der Waals surface area contributed by atoms with E-state index in [2.05, 4.69) is 0 Å². The van der Waals surface area contributed by atoms with Crippen molar-refractivity contribution in [3.05, 3.63) is 142 Å². The van der Waals surface area contributed by atoms with Crippen molar-refractivity contribution < 1.29 is 77.7 Å². The maximum absolute atomic E-state index is 13.4. The Bertz CT molecular complexity index is 2260. The van der Waals surface area contributed by atoms with Crippen LogP contribution in [0.2, 0.25) is 0 Å². The van der Waals surface area contributed by atoms with Crippen LogP contribution in [0.3, 0.4) is 0 Å². The Kier molecular flexibility index (Phi) is 20.1. The molecule has 0 spiro atoms. The van der Waals surface area contributed by atoms with Crippen LogP contribution in [-0.4, -0.2) is 139 Å². The summed E-state index contributed by atoms with van der Waals surface area (Å²) in [6.45, 7) is 7.33. The number of rotatable bonds is 27. The van der Waals surface area contributed by atoms with Crippen LogP contribution in [0.5, 0.6) is 0 Å². The quantitative estimate of drug-likeness (QED) is 0.0367. The minimum Gasteiger partial charge on any atom is -0.460 e. The van der Waals surface area contributed by atoms with Crippen molar-refractivity contribution in [1.82, 2.24) is 9.80 Å². The molecular formula is C54H64N2O16. The van der Waals surface area contributed by atoms with Crippen LogP contribution in [0.25, 0.3) is 0 Å². The summed E-state index contributed by atoms with van der Waals surface area (Å²) in [6, 6.07) is 24.7. The predicted octanol–water partition coefficient (Wildman–Crippen LogP) is 4.38. The first kappa shape index (κ1) is 57.8. The topological polar surface area (TPSA) is 261 Å². The second-order valence-corrected chi connectivity index (χ2v) is 19.4. The summed E-state index contributed by atoms with van der Waals surface area (Å²) in [5.74, 6) is -5.41. The Labute approximate surface area is 418 Å². The van der Waals surface area contributed by atoms with Crippen molar-refractivity contribution in [1.29, 1.82) is 0 Å². The predicted molar refractivity (Wildman–Crippen MR) is 260 cm³/mol.